The molecule has 0 saturated carbocycles. The molecule has 1 N–H and O–H groups in total. The van der Waals surface area contributed by atoms with Crippen molar-refractivity contribution in [3.05, 3.63) is 46.9 Å². The number of aryl methyl sites for hydroxylation is 2. The highest BCUT2D eigenvalue weighted by molar-refractivity contribution is 5.25. The van der Waals surface area contributed by atoms with Gasteiger partial charge in [-0.25, -0.2) is 9.07 Å². The van der Waals surface area contributed by atoms with Crippen molar-refractivity contribution in [2.24, 2.45) is 7.05 Å². The Labute approximate surface area is 112 Å². The Kier molecular flexibility index (Phi) is 4.16. The third kappa shape index (κ3) is 3.32. The van der Waals surface area contributed by atoms with Crippen LogP contribution in [0, 0.1) is 12.7 Å². The zero-order valence-corrected chi connectivity index (χ0v) is 11.4. The van der Waals surface area contributed by atoms with Gasteiger partial charge in [-0.1, -0.05) is 6.07 Å². The maximum absolute atomic E-state index is 13.7. The summed E-state index contributed by atoms with van der Waals surface area (Å²) >= 11 is 0. The number of nitrogens with one attached hydrogen (secondary N) is 1. The average molecular weight is 263 g/mol. The second-order valence-corrected chi connectivity index (χ2v) is 4.49. The summed E-state index contributed by atoms with van der Waals surface area (Å²) < 4.78 is 20.9. The fourth-order valence-electron chi connectivity index (χ4n) is 1.93. The molecule has 0 atom stereocenters. The lowest BCUT2D eigenvalue weighted by Gasteiger charge is -2.09. The molecule has 0 bridgehead atoms. The fourth-order valence-corrected chi connectivity index (χ4v) is 1.93. The maximum atomic E-state index is 13.7. The molecule has 1 heterocycles. The Morgan fingerprint density at radius 1 is 1.37 bits per heavy atom. The van der Waals surface area contributed by atoms with Crippen molar-refractivity contribution in [1.29, 1.82) is 0 Å². The predicted molar refractivity (Wildman–Crippen MR) is 71.4 cm³/mol. The van der Waals surface area contributed by atoms with Crippen LogP contribution in [-0.2, 0) is 20.2 Å². The van der Waals surface area contributed by atoms with E-state index < -0.39 is 0 Å². The van der Waals surface area contributed by atoms with Crippen LogP contribution in [0.1, 0.15) is 16.8 Å². The van der Waals surface area contributed by atoms with Crippen molar-refractivity contribution >= 4 is 0 Å². The van der Waals surface area contributed by atoms with Gasteiger partial charge < -0.3 is 10.1 Å². The van der Waals surface area contributed by atoms with E-state index in [2.05, 4.69) is 10.4 Å². The second kappa shape index (κ2) is 5.84. The highest BCUT2D eigenvalue weighted by atomic mass is 19.1. The molecule has 2 rings (SSSR count). The number of halogens is 1. The minimum absolute atomic E-state index is 0.197. The smallest absolute Gasteiger partial charge is 0.212 e. The van der Waals surface area contributed by atoms with Crippen LogP contribution in [0.3, 0.4) is 0 Å². The van der Waals surface area contributed by atoms with Crippen LogP contribution in [0.25, 0.3) is 0 Å². The van der Waals surface area contributed by atoms with Gasteiger partial charge in [0.15, 0.2) is 0 Å². The lowest BCUT2D eigenvalue weighted by atomic mass is 10.1. The minimum atomic E-state index is -0.251. The van der Waals surface area contributed by atoms with E-state index in [4.69, 9.17) is 4.74 Å². The van der Waals surface area contributed by atoms with Crippen molar-refractivity contribution in [2.45, 2.75) is 20.1 Å². The molecule has 2 aromatic rings. The van der Waals surface area contributed by atoms with Crippen LogP contribution >= 0.6 is 0 Å². The van der Waals surface area contributed by atoms with Crippen LogP contribution in [-0.4, -0.2) is 16.8 Å². The van der Waals surface area contributed by atoms with Crippen molar-refractivity contribution in [2.75, 3.05) is 7.05 Å². The van der Waals surface area contributed by atoms with Crippen molar-refractivity contribution in [1.82, 2.24) is 15.1 Å². The Hall–Kier alpha value is -1.88. The molecule has 19 heavy (non-hydrogen) atoms. The zero-order chi connectivity index (χ0) is 13.8. The van der Waals surface area contributed by atoms with Crippen LogP contribution in [0.4, 0.5) is 4.39 Å². The second-order valence-electron chi connectivity index (χ2n) is 4.49. The van der Waals surface area contributed by atoms with E-state index in [1.807, 2.05) is 26.1 Å². The monoisotopic (exact) mass is 263 g/mol. The van der Waals surface area contributed by atoms with Gasteiger partial charge in [0.25, 0.3) is 0 Å². The Morgan fingerprint density at radius 3 is 2.79 bits per heavy atom. The first-order valence-corrected chi connectivity index (χ1v) is 6.15. The predicted octanol–water partition coefficient (Wildman–Crippen LogP) is 2.17. The van der Waals surface area contributed by atoms with E-state index in [0.717, 1.165) is 11.3 Å². The van der Waals surface area contributed by atoms with Crippen LogP contribution in [0.5, 0.6) is 5.88 Å². The molecular weight excluding hydrogens is 245 g/mol. The first-order chi connectivity index (χ1) is 9.10. The lowest BCUT2D eigenvalue weighted by Crippen LogP contribution is -2.07. The molecule has 4 nitrogen and oxygen atoms in total. The van der Waals surface area contributed by atoms with Crippen molar-refractivity contribution in [3.8, 4) is 5.88 Å². The maximum Gasteiger partial charge on any atom is 0.212 e. The topological polar surface area (TPSA) is 39.1 Å². The minimum Gasteiger partial charge on any atom is -0.473 e. The first kappa shape index (κ1) is 13.5. The molecule has 0 aliphatic carbocycles. The average Bonchev–Trinajstić information content (AvgIpc) is 2.69. The van der Waals surface area contributed by atoms with E-state index in [1.54, 1.807) is 17.8 Å². The fraction of sp³-hybridized carbons (Fsp3) is 0.357. The molecule has 5 heteroatoms. The number of rotatable bonds is 5. The van der Waals surface area contributed by atoms with Crippen LogP contribution < -0.4 is 10.1 Å². The molecule has 0 saturated heterocycles. The van der Waals surface area contributed by atoms with Gasteiger partial charge in [0.1, 0.15) is 12.4 Å². The number of hydrogen-bond acceptors (Lipinski definition) is 3. The van der Waals surface area contributed by atoms with Gasteiger partial charge in [0, 0.05) is 25.2 Å². The van der Waals surface area contributed by atoms with E-state index in [0.29, 0.717) is 18.0 Å². The molecule has 0 unspecified atom stereocenters. The highest BCUT2D eigenvalue weighted by Gasteiger charge is 2.07. The highest BCUT2D eigenvalue weighted by Crippen LogP contribution is 2.16. The summed E-state index contributed by atoms with van der Waals surface area (Å²) in [5, 5.41) is 7.22. The molecule has 0 fully saturated rings. The summed E-state index contributed by atoms with van der Waals surface area (Å²) in [6.45, 7) is 2.79. The number of aromatic nitrogens is 2. The standard InChI is InChI=1S/C14H18FN3O/c1-10-6-14(18(3)17-10)19-9-12-7-11(8-16-2)4-5-13(12)15/h4-7,16H,8-9H2,1-3H3. The van der Waals surface area contributed by atoms with E-state index in [9.17, 15) is 4.39 Å². The van der Waals surface area contributed by atoms with E-state index in [-0.39, 0.29) is 12.4 Å². The first-order valence-electron chi connectivity index (χ1n) is 6.15. The molecule has 0 spiro atoms. The lowest BCUT2D eigenvalue weighted by molar-refractivity contribution is 0.273. The molecular formula is C14H18FN3O. The van der Waals surface area contributed by atoms with Crippen molar-refractivity contribution < 1.29 is 9.13 Å². The van der Waals surface area contributed by atoms with Gasteiger partial charge in [0.2, 0.25) is 5.88 Å². The van der Waals surface area contributed by atoms with Gasteiger partial charge in [-0.05, 0) is 31.7 Å². The summed E-state index contributed by atoms with van der Waals surface area (Å²) in [5.41, 5.74) is 2.46. The summed E-state index contributed by atoms with van der Waals surface area (Å²) in [5.74, 6) is 0.384. The molecule has 1 aromatic heterocycles. The molecule has 1 aromatic carbocycles. The molecule has 102 valence electrons. The van der Waals surface area contributed by atoms with Gasteiger partial charge in [0.05, 0.1) is 5.69 Å². The SMILES string of the molecule is CNCc1ccc(F)c(COc2cc(C)nn2C)c1. The zero-order valence-electron chi connectivity index (χ0n) is 11.4. The van der Waals surface area contributed by atoms with Gasteiger partial charge in [-0.3, -0.25) is 0 Å². The Morgan fingerprint density at radius 2 is 2.16 bits per heavy atom. The van der Waals surface area contributed by atoms with Gasteiger partial charge in [-0.15, -0.1) is 0 Å². The largest absolute Gasteiger partial charge is 0.473 e. The molecule has 0 amide bonds. The summed E-state index contributed by atoms with van der Waals surface area (Å²) in [6, 6.07) is 6.88. The normalized spacial score (nSPS) is 10.7. The van der Waals surface area contributed by atoms with Gasteiger partial charge in [-0.2, -0.15) is 5.10 Å². The number of nitrogens with zero attached hydrogens (tertiary/aromatic N) is 2. The third-order valence-electron chi connectivity index (χ3n) is 2.83. The van der Waals surface area contributed by atoms with Crippen molar-refractivity contribution in [3.63, 3.8) is 0 Å². The van der Waals surface area contributed by atoms with E-state index >= 15 is 0 Å². The van der Waals surface area contributed by atoms with E-state index in [1.165, 1.54) is 6.07 Å². The quantitative estimate of drug-likeness (QED) is 0.898. The number of benzene rings is 1. The van der Waals surface area contributed by atoms with Crippen LogP contribution in [0.15, 0.2) is 24.3 Å². The number of ether oxygens (including phenoxy) is 1. The third-order valence-corrected chi connectivity index (χ3v) is 2.83. The Balaban J connectivity index is 2.10. The molecule has 0 radical (unpaired) electrons. The summed E-state index contributed by atoms with van der Waals surface area (Å²) in [4.78, 5) is 0. The molecule has 0 aliphatic heterocycles. The summed E-state index contributed by atoms with van der Waals surface area (Å²) in [7, 11) is 3.66. The summed E-state index contributed by atoms with van der Waals surface area (Å²) in [6.07, 6.45) is 0. The Bertz CT molecular complexity index is 566. The van der Waals surface area contributed by atoms with Gasteiger partial charge >= 0.3 is 0 Å². The van der Waals surface area contributed by atoms with Crippen LogP contribution in [0.2, 0.25) is 0 Å². The molecule has 0 aliphatic rings. The number of hydrogen-bond donors (Lipinski definition) is 1.